The molecule has 1 aromatic carbocycles. The van der Waals surface area contributed by atoms with Gasteiger partial charge in [-0.15, -0.1) is 0 Å². The molecule has 0 aromatic heterocycles. The molecule has 1 fully saturated rings. The van der Waals surface area contributed by atoms with Gasteiger partial charge >= 0.3 is 0 Å². The van der Waals surface area contributed by atoms with Crippen molar-refractivity contribution in [2.45, 2.75) is 46.1 Å². The SMILES string of the molecule is CC1CC(C)CN(C(C)CCc2ccc(O)cc2)C1. The molecular formula is C17H27NO. The number of rotatable bonds is 4. The zero-order valence-corrected chi connectivity index (χ0v) is 12.5. The molecule has 0 bridgehead atoms. The minimum absolute atomic E-state index is 0.357. The third kappa shape index (κ3) is 4.24. The summed E-state index contributed by atoms with van der Waals surface area (Å²) in [6.45, 7) is 9.60. The molecule has 0 aliphatic carbocycles. The zero-order valence-electron chi connectivity index (χ0n) is 12.5. The van der Waals surface area contributed by atoms with E-state index in [1.54, 1.807) is 12.1 Å². The molecule has 1 aliphatic rings. The molecule has 2 rings (SSSR count). The second-order valence-corrected chi connectivity index (χ2v) is 6.45. The van der Waals surface area contributed by atoms with Gasteiger partial charge in [-0.1, -0.05) is 26.0 Å². The fourth-order valence-corrected chi connectivity index (χ4v) is 3.29. The second-order valence-electron chi connectivity index (χ2n) is 6.45. The fraction of sp³-hybridized carbons (Fsp3) is 0.647. The van der Waals surface area contributed by atoms with Crippen LogP contribution in [0.15, 0.2) is 24.3 Å². The van der Waals surface area contributed by atoms with E-state index in [1.807, 2.05) is 12.1 Å². The Morgan fingerprint density at radius 2 is 1.74 bits per heavy atom. The molecule has 3 atom stereocenters. The lowest BCUT2D eigenvalue weighted by Gasteiger charge is -2.39. The van der Waals surface area contributed by atoms with Gasteiger partial charge in [-0.05, 0) is 55.7 Å². The molecule has 1 aromatic rings. The highest BCUT2D eigenvalue weighted by molar-refractivity contribution is 5.25. The first-order chi connectivity index (χ1) is 9.04. The second kappa shape index (κ2) is 6.42. The van der Waals surface area contributed by atoms with Crippen LogP contribution >= 0.6 is 0 Å². The lowest BCUT2D eigenvalue weighted by atomic mass is 9.90. The Balaban J connectivity index is 1.83. The Kier molecular flexibility index (Phi) is 4.87. The van der Waals surface area contributed by atoms with Crippen LogP contribution < -0.4 is 0 Å². The summed E-state index contributed by atoms with van der Waals surface area (Å²) in [5, 5.41) is 9.29. The maximum Gasteiger partial charge on any atom is 0.115 e. The minimum Gasteiger partial charge on any atom is -0.508 e. The van der Waals surface area contributed by atoms with Crippen molar-refractivity contribution in [3.8, 4) is 5.75 Å². The summed E-state index contributed by atoms with van der Waals surface area (Å²) in [6, 6.07) is 8.28. The van der Waals surface area contributed by atoms with Gasteiger partial charge in [0.1, 0.15) is 5.75 Å². The first-order valence-corrected chi connectivity index (χ1v) is 7.56. The van der Waals surface area contributed by atoms with Crippen LogP contribution in [0.1, 0.15) is 39.2 Å². The lowest BCUT2D eigenvalue weighted by molar-refractivity contribution is 0.0989. The van der Waals surface area contributed by atoms with Crippen molar-refractivity contribution >= 4 is 0 Å². The molecule has 0 amide bonds. The molecule has 2 heteroatoms. The van der Waals surface area contributed by atoms with Crippen molar-refractivity contribution < 1.29 is 5.11 Å². The topological polar surface area (TPSA) is 23.5 Å². The van der Waals surface area contributed by atoms with Crippen molar-refractivity contribution in [3.63, 3.8) is 0 Å². The Labute approximate surface area is 117 Å². The highest BCUT2D eigenvalue weighted by Gasteiger charge is 2.24. The average Bonchev–Trinajstić information content (AvgIpc) is 2.36. The van der Waals surface area contributed by atoms with Gasteiger partial charge < -0.3 is 10.0 Å². The van der Waals surface area contributed by atoms with E-state index < -0.39 is 0 Å². The molecule has 0 radical (unpaired) electrons. The quantitative estimate of drug-likeness (QED) is 0.893. The number of likely N-dealkylation sites (tertiary alicyclic amines) is 1. The van der Waals surface area contributed by atoms with Crippen LogP contribution in [0.5, 0.6) is 5.75 Å². The molecular weight excluding hydrogens is 234 g/mol. The smallest absolute Gasteiger partial charge is 0.115 e. The van der Waals surface area contributed by atoms with Crippen molar-refractivity contribution in [3.05, 3.63) is 29.8 Å². The van der Waals surface area contributed by atoms with Crippen LogP contribution in [-0.4, -0.2) is 29.1 Å². The number of hydrogen-bond acceptors (Lipinski definition) is 2. The van der Waals surface area contributed by atoms with Gasteiger partial charge in [0.15, 0.2) is 0 Å². The summed E-state index contributed by atoms with van der Waals surface area (Å²) in [4.78, 5) is 2.65. The number of hydrogen-bond donors (Lipinski definition) is 1. The Morgan fingerprint density at radius 3 is 2.32 bits per heavy atom. The van der Waals surface area contributed by atoms with E-state index in [-0.39, 0.29) is 0 Å². The van der Waals surface area contributed by atoms with Crippen LogP contribution in [0.2, 0.25) is 0 Å². The van der Waals surface area contributed by atoms with Crippen LogP contribution in [0.4, 0.5) is 0 Å². The van der Waals surface area contributed by atoms with Crippen LogP contribution in [0.25, 0.3) is 0 Å². The Hall–Kier alpha value is -1.02. The number of phenols is 1. The van der Waals surface area contributed by atoms with E-state index in [0.717, 1.165) is 18.3 Å². The van der Waals surface area contributed by atoms with Crippen molar-refractivity contribution in [1.29, 1.82) is 0 Å². The first-order valence-electron chi connectivity index (χ1n) is 7.56. The standard InChI is InChI=1S/C17H27NO/c1-13-10-14(2)12-18(11-13)15(3)4-5-16-6-8-17(19)9-7-16/h6-9,13-15,19H,4-5,10-12H2,1-3H3. The summed E-state index contributed by atoms with van der Waals surface area (Å²) >= 11 is 0. The lowest BCUT2D eigenvalue weighted by Crippen LogP contribution is -2.44. The van der Waals surface area contributed by atoms with Crippen LogP contribution in [0.3, 0.4) is 0 Å². The third-order valence-corrected chi connectivity index (χ3v) is 4.31. The van der Waals surface area contributed by atoms with Gasteiger partial charge in [-0.2, -0.15) is 0 Å². The molecule has 19 heavy (non-hydrogen) atoms. The molecule has 1 N–H and O–H groups in total. The first kappa shape index (κ1) is 14.4. The monoisotopic (exact) mass is 261 g/mol. The van der Waals surface area contributed by atoms with Crippen molar-refractivity contribution in [2.75, 3.05) is 13.1 Å². The third-order valence-electron chi connectivity index (χ3n) is 4.31. The molecule has 1 saturated heterocycles. The fourth-order valence-electron chi connectivity index (χ4n) is 3.29. The molecule has 1 aliphatic heterocycles. The maximum absolute atomic E-state index is 9.29. The van der Waals surface area contributed by atoms with E-state index in [1.165, 1.54) is 31.5 Å². The number of nitrogens with zero attached hydrogens (tertiary/aromatic N) is 1. The van der Waals surface area contributed by atoms with Crippen molar-refractivity contribution in [1.82, 2.24) is 4.90 Å². The van der Waals surface area contributed by atoms with E-state index in [9.17, 15) is 5.11 Å². The highest BCUT2D eigenvalue weighted by Crippen LogP contribution is 2.24. The van der Waals surface area contributed by atoms with Crippen LogP contribution in [0, 0.1) is 11.8 Å². The average molecular weight is 261 g/mol. The molecule has 1 heterocycles. The van der Waals surface area contributed by atoms with Gasteiger partial charge in [-0.25, -0.2) is 0 Å². The normalized spacial score (nSPS) is 26.3. The Bertz CT molecular complexity index is 377. The maximum atomic E-state index is 9.29. The predicted octanol–water partition coefficient (Wildman–Crippen LogP) is 3.69. The van der Waals surface area contributed by atoms with E-state index in [2.05, 4.69) is 25.7 Å². The van der Waals surface area contributed by atoms with E-state index in [0.29, 0.717) is 11.8 Å². The largest absolute Gasteiger partial charge is 0.508 e. The van der Waals surface area contributed by atoms with Gasteiger partial charge in [0, 0.05) is 19.1 Å². The van der Waals surface area contributed by atoms with E-state index >= 15 is 0 Å². The molecule has 3 unspecified atom stereocenters. The van der Waals surface area contributed by atoms with Gasteiger partial charge in [-0.3, -0.25) is 0 Å². The number of phenolic OH excluding ortho intramolecular Hbond substituents is 1. The van der Waals surface area contributed by atoms with Gasteiger partial charge in [0.05, 0.1) is 0 Å². The van der Waals surface area contributed by atoms with Crippen LogP contribution in [-0.2, 0) is 6.42 Å². The molecule has 2 nitrogen and oxygen atoms in total. The van der Waals surface area contributed by atoms with Gasteiger partial charge in [0.2, 0.25) is 0 Å². The Morgan fingerprint density at radius 1 is 1.16 bits per heavy atom. The predicted molar refractivity (Wildman–Crippen MR) is 80.4 cm³/mol. The molecule has 0 spiro atoms. The summed E-state index contributed by atoms with van der Waals surface area (Å²) in [6.07, 6.45) is 3.67. The minimum atomic E-state index is 0.357. The number of benzene rings is 1. The van der Waals surface area contributed by atoms with Gasteiger partial charge in [0.25, 0.3) is 0 Å². The molecule has 0 saturated carbocycles. The number of aromatic hydroxyl groups is 1. The number of piperidine rings is 1. The number of aryl methyl sites for hydroxylation is 1. The summed E-state index contributed by atoms with van der Waals surface area (Å²) in [5.41, 5.74) is 1.32. The van der Waals surface area contributed by atoms with Crippen molar-refractivity contribution in [2.24, 2.45) is 11.8 Å². The highest BCUT2D eigenvalue weighted by atomic mass is 16.3. The zero-order chi connectivity index (χ0) is 13.8. The van der Waals surface area contributed by atoms with E-state index in [4.69, 9.17) is 0 Å². The summed E-state index contributed by atoms with van der Waals surface area (Å²) < 4.78 is 0. The molecule has 106 valence electrons. The summed E-state index contributed by atoms with van der Waals surface area (Å²) in [5.74, 6) is 2.02. The summed E-state index contributed by atoms with van der Waals surface area (Å²) in [7, 11) is 0.